The zero-order chi connectivity index (χ0) is 22.4. The van der Waals surface area contributed by atoms with Crippen LogP contribution in [0.5, 0.6) is 0 Å². The van der Waals surface area contributed by atoms with Gasteiger partial charge in [0.15, 0.2) is 0 Å². The molecular formula is C20H14F6N2O2. The molecule has 2 N–H and O–H groups in total. The molecule has 4 nitrogen and oxygen atoms in total. The number of hydrogen-bond acceptors (Lipinski definition) is 4. The number of rotatable bonds is 7. The summed E-state index contributed by atoms with van der Waals surface area (Å²) < 4.78 is 73.4. The van der Waals surface area contributed by atoms with Gasteiger partial charge in [-0.25, -0.2) is 0 Å². The van der Waals surface area contributed by atoms with Gasteiger partial charge in [0, 0.05) is 41.5 Å². The lowest BCUT2D eigenvalue weighted by atomic mass is 10.0. The number of para-hydroxylation sites is 1. The lowest BCUT2D eigenvalue weighted by Crippen LogP contribution is -2.20. The van der Waals surface area contributed by atoms with E-state index in [2.05, 4.69) is 10.6 Å². The van der Waals surface area contributed by atoms with Crippen molar-refractivity contribution in [2.45, 2.75) is 12.4 Å². The van der Waals surface area contributed by atoms with Gasteiger partial charge in [0.2, 0.25) is 0 Å². The summed E-state index contributed by atoms with van der Waals surface area (Å²) in [5.74, 6) is -4.03. The second-order valence-electron chi connectivity index (χ2n) is 5.81. The fourth-order valence-corrected chi connectivity index (χ4v) is 2.25. The number of nitrogens with one attached hydrogen (secondary N) is 2. The maximum Gasteiger partial charge on any atom is 0.454 e. The molecule has 2 rings (SSSR count). The molecule has 2 aromatic carbocycles. The van der Waals surface area contributed by atoms with Gasteiger partial charge in [0.25, 0.3) is 11.6 Å². The smallest absolute Gasteiger partial charge is 0.362 e. The largest absolute Gasteiger partial charge is 0.454 e. The topological polar surface area (TPSA) is 58.2 Å². The third kappa shape index (κ3) is 6.50. The van der Waals surface area contributed by atoms with Crippen molar-refractivity contribution >= 4 is 22.9 Å². The Bertz CT molecular complexity index is 978. The van der Waals surface area contributed by atoms with Gasteiger partial charge in [-0.1, -0.05) is 30.3 Å². The molecule has 0 aliphatic carbocycles. The SMILES string of the molecule is O=C(/C=C/Nc1cccc(-c2ccccc2N/C=C/C(=O)C(F)(F)F)c1)C(F)(F)F. The average Bonchev–Trinajstić information content (AvgIpc) is 2.67. The highest BCUT2D eigenvalue weighted by Crippen LogP contribution is 2.30. The molecule has 0 aromatic heterocycles. The molecule has 10 heteroatoms. The minimum Gasteiger partial charge on any atom is -0.362 e. The number of allylic oxidation sites excluding steroid dienone is 2. The zero-order valence-electron chi connectivity index (χ0n) is 15.0. The normalized spacial score (nSPS) is 12.3. The Balaban J connectivity index is 2.18. The first-order valence-electron chi connectivity index (χ1n) is 8.26. The third-order valence-corrected chi connectivity index (χ3v) is 3.62. The van der Waals surface area contributed by atoms with Crippen molar-refractivity contribution in [3.05, 3.63) is 73.1 Å². The second kappa shape index (κ2) is 9.29. The molecule has 0 fully saturated rings. The van der Waals surface area contributed by atoms with Crippen LogP contribution in [-0.2, 0) is 9.59 Å². The number of carbonyl (C=O) groups excluding carboxylic acids is 2. The maximum absolute atomic E-state index is 12.3. The van der Waals surface area contributed by atoms with Crippen LogP contribution in [0.4, 0.5) is 37.7 Å². The van der Waals surface area contributed by atoms with Crippen molar-refractivity contribution in [3.8, 4) is 11.1 Å². The molecule has 158 valence electrons. The summed E-state index contributed by atoms with van der Waals surface area (Å²) >= 11 is 0. The summed E-state index contributed by atoms with van der Waals surface area (Å²) in [4.78, 5) is 21.7. The summed E-state index contributed by atoms with van der Waals surface area (Å²) in [6.07, 6.45) is -7.51. The van der Waals surface area contributed by atoms with Crippen LogP contribution in [-0.4, -0.2) is 23.9 Å². The molecule has 0 aliphatic rings. The van der Waals surface area contributed by atoms with E-state index in [1.807, 2.05) is 0 Å². The Hall–Kier alpha value is -3.56. The van der Waals surface area contributed by atoms with E-state index < -0.39 is 23.9 Å². The zero-order valence-corrected chi connectivity index (χ0v) is 15.0. The van der Waals surface area contributed by atoms with Crippen LogP contribution in [0, 0.1) is 0 Å². The number of alkyl halides is 6. The van der Waals surface area contributed by atoms with Crippen LogP contribution in [0.25, 0.3) is 11.1 Å². The Kier molecular flexibility index (Phi) is 7.04. The predicted molar refractivity (Wildman–Crippen MR) is 99.5 cm³/mol. The molecule has 0 saturated carbocycles. The molecule has 30 heavy (non-hydrogen) atoms. The fraction of sp³-hybridized carbons (Fsp3) is 0.100. The fourth-order valence-electron chi connectivity index (χ4n) is 2.25. The van der Waals surface area contributed by atoms with Crippen molar-refractivity contribution in [3.63, 3.8) is 0 Å². The van der Waals surface area contributed by atoms with E-state index in [0.717, 1.165) is 12.4 Å². The molecule has 0 heterocycles. The van der Waals surface area contributed by atoms with E-state index >= 15 is 0 Å². The highest BCUT2D eigenvalue weighted by atomic mass is 19.4. The molecule has 0 bridgehead atoms. The summed E-state index contributed by atoms with van der Waals surface area (Å²) in [5.41, 5.74) is 1.90. The van der Waals surface area contributed by atoms with Gasteiger partial charge in [0.1, 0.15) is 0 Å². The molecule has 0 aliphatic heterocycles. The second-order valence-corrected chi connectivity index (χ2v) is 5.81. The highest BCUT2D eigenvalue weighted by molar-refractivity contribution is 5.95. The van der Waals surface area contributed by atoms with Gasteiger partial charge in [-0.2, -0.15) is 26.3 Å². The Labute approximate surface area is 166 Å². The van der Waals surface area contributed by atoms with Crippen LogP contribution in [0.3, 0.4) is 0 Å². The van der Waals surface area contributed by atoms with Gasteiger partial charge in [-0.05, 0) is 23.8 Å². The number of ketones is 2. The van der Waals surface area contributed by atoms with E-state index in [1.165, 1.54) is 0 Å². The first-order valence-corrected chi connectivity index (χ1v) is 8.26. The van der Waals surface area contributed by atoms with E-state index in [4.69, 9.17) is 0 Å². The highest BCUT2D eigenvalue weighted by Gasteiger charge is 2.36. The molecule has 0 saturated heterocycles. The number of benzene rings is 2. The van der Waals surface area contributed by atoms with Crippen LogP contribution in [0.2, 0.25) is 0 Å². The summed E-state index contributed by atoms with van der Waals surface area (Å²) in [6.45, 7) is 0. The number of hydrogen-bond donors (Lipinski definition) is 2. The molecule has 0 unspecified atom stereocenters. The van der Waals surface area contributed by atoms with Crippen LogP contribution < -0.4 is 10.6 Å². The van der Waals surface area contributed by atoms with E-state index in [-0.39, 0.29) is 0 Å². The first-order chi connectivity index (χ1) is 14.0. The predicted octanol–water partition coefficient (Wildman–Crippen LogP) is 5.47. The Morgan fingerprint density at radius 1 is 0.733 bits per heavy atom. The maximum atomic E-state index is 12.3. The number of anilines is 2. The Morgan fingerprint density at radius 2 is 1.30 bits per heavy atom. The molecule has 2 aromatic rings. The van der Waals surface area contributed by atoms with Crippen molar-refractivity contribution in [1.29, 1.82) is 0 Å². The molecular weight excluding hydrogens is 414 g/mol. The van der Waals surface area contributed by atoms with Gasteiger partial charge < -0.3 is 10.6 Å². The van der Waals surface area contributed by atoms with Gasteiger partial charge >= 0.3 is 12.4 Å². The number of carbonyl (C=O) groups is 2. The quantitative estimate of drug-likeness (QED) is 0.454. The first kappa shape index (κ1) is 22.7. The summed E-state index contributed by atoms with van der Waals surface area (Å²) in [7, 11) is 0. The summed E-state index contributed by atoms with van der Waals surface area (Å²) in [6, 6.07) is 12.9. The van der Waals surface area contributed by atoms with Crippen molar-refractivity contribution in [2.24, 2.45) is 0 Å². The van der Waals surface area contributed by atoms with E-state index in [1.54, 1.807) is 48.5 Å². The molecule has 0 atom stereocenters. The Morgan fingerprint density at radius 3 is 1.90 bits per heavy atom. The number of halogens is 6. The monoisotopic (exact) mass is 428 g/mol. The van der Waals surface area contributed by atoms with Crippen molar-refractivity contribution < 1.29 is 35.9 Å². The van der Waals surface area contributed by atoms with E-state index in [0.29, 0.717) is 34.7 Å². The molecule has 0 amide bonds. The minimum atomic E-state index is -4.97. The standard InChI is InChI=1S/C20H14F6N2O2/c21-19(22,23)17(29)8-10-27-14-5-3-4-13(12-14)15-6-1-2-7-16(15)28-11-9-18(30)20(24,25)26/h1-12,27-28H/b10-8+,11-9+. The van der Waals surface area contributed by atoms with Crippen LogP contribution in [0.1, 0.15) is 0 Å². The minimum absolute atomic E-state index is 0.352. The summed E-state index contributed by atoms with van der Waals surface area (Å²) in [5, 5.41) is 5.15. The molecule has 0 spiro atoms. The van der Waals surface area contributed by atoms with Gasteiger partial charge in [0.05, 0.1) is 0 Å². The van der Waals surface area contributed by atoms with Gasteiger partial charge in [-0.15, -0.1) is 0 Å². The van der Waals surface area contributed by atoms with Crippen molar-refractivity contribution in [1.82, 2.24) is 0 Å². The van der Waals surface area contributed by atoms with E-state index in [9.17, 15) is 35.9 Å². The van der Waals surface area contributed by atoms with Gasteiger partial charge in [-0.3, -0.25) is 9.59 Å². The van der Waals surface area contributed by atoms with Crippen LogP contribution in [0.15, 0.2) is 73.1 Å². The average molecular weight is 428 g/mol. The lowest BCUT2D eigenvalue weighted by molar-refractivity contribution is -0.165. The third-order valence-electron chi connectivity index (χ3n) is 3.62. The lowest BCUT2D eigenvalue weighted by Gasteiger charge is -2.11. The van der Waals surface area contributed by atoms with Crippen molar-refractivity contribution in [2.75, 3.05) is 10.6 Å². The molecule has 0 radical (unpaired) electrons. The van der Waals surface area contributed by atoms with Crippen LogP contribution >= 0.6 is 0 Å².